The summed E-state index contributed by atoms with van der Waals surface area (Å²) in [6.45, 7) is 4.32. The third-order valence-corrected chi connectivity index (χ3v) is 4.32. The minimum atomic E-state index is -3.67. The van der Waals surface area contributed by atoms with Crippen molar-refractivity contribution in [2.45, 2.75) is 45.6 Å². The van der Waals surface area contributed by atoms with Crippen LogP contribution in [0.5, 0.6) is 0 Å². The summed E-state index contributed by atoms with van der Waals surface area (Å²) in [6.07, 6.45) is 3.50. The van der Waals surface area contributed by atoms with Crippen LogP contribution < -0.4 is 4.72 Å². The average Bonchev–Trinajstić information content (AvgIpc) is 2.06. The molecule has 0 aromatic carbocycles. The molecule has 0 bridgehead atoms. The molecule has 0 saturated heterocycles. The maximum Gasteiger partial charge on any atom is 0.320 e. The average molecular weight is 249 g/mol. The second kappa shape index (κ2) is 4.71. The Morgan fingerprint density at radius 3 is 2.31 bits per heavy atom. The molecule has 16 heavy (non-hydrogen) atoms. The molecule has 1 saturated carbocycles. The van der Waals surface area contributed by atoms with E-state index in [0.717, 1.165) is 25.7 Å². The van der Waals surface area contributed by atoms with Gasteiger partial charge in [-0.15, -0.1) is 0 Å². The molecule has 0 aliphatic heterocycles. The molecular formula is C10H19NO4S. The first-order chi connectivity index (χ1) is 7.20. The van der Waals surface area contributed by atoms with Gasteiger partial charge >= 0.3 is 5.97 Å². The zero-order valence-electron chi connectivity index (χ0n) is 9.69. The van der Waals surface area contributed by atoms with Gasteiger partial charge in [-0.3, -0.25) is 4.79 Å². The van der Waals surface area contributed by atoms with Crippen LogP contribution in [-0.2, 0) is 14.8 Å². The van der Waals surface area contributed by atoms with Crippen LogP contribution in [0.25, 0.3) is 0 Å². The Balaban J connectivity index is 2.48. The second-order valence-corrected chi connectivity index (χ2v) is 6.96. The molecule has 0 spiro atoms. The van der Waals surface area contributed by atoms with E-state index in [1.807, 2.05) is 0 Å². The van der Waals surface area contributed by atoms with Crippen molar-refractivity contribution in [2.75, 3.05) is 5.75 Å². The molecular weight excluding hydrogens is 230 g/mol. The topological polar surface area (TPSA) is 83.5 Å². The number of hydrogen-bond donors (Lipinski definition) is 2. The minimum absolute atomic E-state index is 0.0997. The number of carbonyl (C=O) groups is 1. The van der Waals surface area contributed by atoms with E-state index in [1.165, 1.54) is 0 Å². The lowest BCUT2D eigenvalue weighted by Crippen LogP contribution is -2.41. The lowest BCUT2D eigenvalue weighted by molar-refractivity contribution is -0.134. The molecule has 2 N–H and O–H groups in total. The van der Waals surface area contributed by atoms with E-state index in [-0.39, 0.29) is 11.5 Å². The van der Waals surface area contributed by atoms with Crippen LogP contribution in [0.4, 0.5) is 0 Å². The fraction of sp³-hybridized carbons (Fsp3) is 0.900. The van der Waals surface area contributed by atoms with Crippen molar-refractivity contribution in [1.29, 1.82) is 0 Å². The van der Waals surface area contributed by atoms with Gasteiger partial charge in [0.25, 0.3) is 0 Å². The predicted octanol–water partition coefficient (Wildman–Crippen LogP) is 0.959. The largest absolute Gasteiger partial charge is 0.480 e. The minimum Gasteiger partial charge on any atom is -0.480 e. The van der Waals surface area contributed by atoms with Gasteiger partial charge in [-0.2, -0.15) is 0 Å². The van der Waals surface area contributed by atoms with E-state index in [0.29, 0.717) is 0 Å². The zero-order valence-corrected chi connectivity index (χ0v) is 10.5. The van der Waals surface area contributed by atoms with Crippen molar-refractivity contribution in [3.8, 4) is 0 Å². The van der Waals surface area contributed by atoms with Gasteiger partial charge in [0.15, 0.2) is 5.75 Å². The highest BCUT2D eigenvalue weighted by Gasteiger charge is 2.29. The van der Waals surface area contributed by atoms with Crippen LogP contribution in [-0.4, -0.2) is 31.3 Å². The molecule has 1 rings (SSSR count). The van der Waals surface area contributed by atoms with Crippen molar-refractivity contribution in [2.24, 2.45) is 5.41 Å². The Morgan fingerprint density at radius 1 is 1.38 bits per heavy atom. The van der Waals surface area contributed by atoms with Crippen LogP contribution >= 0.6 is 0 Å². The molecule has 1 aliphatic rings. The standard InChI is InChI=1S/C10H19NO4S/c1-10(2)5-3-8(4-6-10)11-16(14,15)7-9(12)13/h8,11H,3-7H2,1-2H3,(H,12,13). The second-order valence-electron chi connectivity index (χ2n) is 5.21. The van der Waals surface area contributed by atoms with E-state index in [9.17, 15) is 13.2 Å². The van der Waals surface area contributed by atoms with Crippen molar-refractivity contribution >= 4 is 16.0 Å². The molecule has 5 nitrogen and oxygen atoms in total. The number of aliphatic carboxylic acids is 1. The van der Waals surface area contributed by atoms with E-state index >= 15 is 0 Å². The summed E-state index contributed by atoms with van der Waals surface area (Å²) in [5.41, 5.74) is 0.273. The summed E-state index contributed by atoms with van der Waals surface area (Å²) in [7, 11) is -3.67. The van der Waals surface area contributed by atoms with Gasteiger partial charge in [-0.05, 0) is 31.1 Å². The van der Waals surface area contributed by atoms with E-state index in [2.05, 4.69) is 18.6 Å². The van der Waals surface area contributed by atoms with Crippen LogP contribution in [0, 0.1) is 5.41 Å². The van der Waals surface area contributed by atoms with Crippen molar-refractivity contribution < 1.29 is 18.3 Å². The highest BCUT2D eigenvalue weighted by molar-refractivity contribution is 7.90. The first kappa shape index (κ1) is 13.4. The van der Waals surface area contributed by atoms with Crippen LogP contribution in [0.3, 0.4) is 0 Å². The Kier molecular flexibility index (Phi) is 3.96. The molecule has 0 radical (unpaired) electrons. The first-order valence-corrected chi connectivity index (χ1v) is 7.07. The Hall–Kier alpha value is -0.620. The molecule has 0 aromatic heterocycles. The van der Waals surface area contributed by atoms with Crippen LogP contribution in [0.15, 0.2) is 0 Å². The highest BCUT2D eigenvalue weighted by Crippen LogP contribution is 2.35. The van der Waals surface area contributed by atoms with Gasteiger partial charge in [-0.1, -0.05) is 13.8 Å². The summed E-state index contributed by atoms with van der Waals surface area (Å²) in [4.78, 5) is 10.3. The summed E-state index contributed by atoms with van der Waals surface area (Å²) >= 11 is 0. The van der Waals surface area contributed by atoms with E-state index < -0.39 is 21.7 Å². The fourth-order valence-corrected chi connectivity index (χ4v) is 3.13. The fourth-order valence-electron chi connectivity index (χ4n) is 1.98. The molecule has 6 heteroatoms. The molecule has 0 amide bonds. The zero-order chi connectivity index (χ0) is 12.4. The van der Waals surface area contributed by atoms with Gasteiger partial charge in [-0.25, -0.2) is 13.1 Å². The number of sulfonamides is 1. The van der Waals surface area contributed by atoms with Gasteiger partial charge in [0.1, 0.15) is 0 Å². The Labute approximate surface area is 96.3 Å². The molecule has 0 atom stereocenters. The number of carboxylic acid groups (broad SMARTS) is 1. The number of hydrogen-bond acceptors (Lipinski definition) is 3. The summed E-state index contributed by atoms with van der Waals surface area (Å²) < 4.78 is 25.2. The van der Waals surface area contributed by atoms with Crippen LogP contribution in [0.1, 0.15) is 39.5 Å². The molecule has 94 valence electrons. The highest BCUT2D eigenvalue weighted by atomic mass is 32.2. The molecule has 0 heterocycles. The summed E-state index contributed by atoms with van der Waals surface area (Å²) in [5.74, 6) is -2.16. The third-order valence-electron chi connectivity index (χ3n) is 3.00. The molecule has 0 unspecified atom stereocenters. The van der Waals surface area contributed by atoms with Gasteiger partial charge in [0, 0.05) is 6.04 Å². The number of nitrogens with one attached hydrogen (secondary N) is 1. The smallest absolute Gasteiger partial charge is 0.320 e. The lowest BCUT2D eigenvalue weighted by atomic mass is 9.76. The Morgan fingerprint density at radius 2 is 1.88 bits per heavy atom. The van der Waals surface area contributed by atoms with Gasteiger partial charge in [0.2, 0.25) is 10.0 Å². The first-order valence-electron chi connectivity index (χ1n) is 5.42. The van der Waals surface area contributed by atoms with Crippen molar-refractivity contribution in [3.63, 3.8) is 0 Å². The quantitative estimate of drug-likeness (QED) is 0.777. The number of carboxylic acids is 1. The summed E-state index contributed by atoms with van der Waals surface area (Å²) in [6, 6.07) is -0.0997. The monoisotopic (exact) mass is 249 g/mol. The Bertz CT molecular complexity index is 351. The van der Waals surface area contributed by atoms with E-state index in [4.69, 9.17) is 5.11 Å². The number of rotatable bonds is 4. The predicted molar refractivity (Wildman–Crippen MR) is 60.6 cm³/mol. The SMILES string of the molecule is CC1(C)CCC(NS(=O)(=O)CC(=O)O)CC1. The third kappa shape index (κ3) is 4.49. The van der Waals surface area contributed by atoms with Gasteiger partial charge in [0.05, 0.1) is 0 Å². The molecule has 1 fully saturated rings. The molecule has 0 aromatic rings. The normalized spacial score (nSPS) is 21.9. The molecule has 1 aliphatic carbocycles. The van der Waals surface area contributed by atoms with Gasteiger partial charge < -0.3 is 5.11 Å². The van der Waals surface area contributed by atoms with E-state index in [1.54, 1.807) is 0 Å². The maximum absolute atomic E-state index is 11.4. The lowest BCUT2D eigenvalue weighted by Gasteiger charge is -2.34. The van der Waals surface area contributed by atoms with Crippen LogP contribution in [0.2, 0.25) is 0 Å². The summed E-state index contributed by atoms with van der Waals surface area (Å²) in [5, 5.41) is 8.44. The maximum atomic E-state index is 11.4. The van der Waals surface area contributed by atoms with Crippen molar-refractivity contribution in [3.05, 3.63) is 0 Å². The van der Waals surface area contributed by atoms with Crippen molar-refractivity contribution in [1.82, 2.24) is 4.72 Å².